The minimum Gasteiger partial charge on any atom is -0.369 e. The number of piperazine rings is 1. The number of anilines is 1. The summed E-state index contributed by atoms with van der Waals surface area (Å²) in [7, 11) is 0. The zero-order valence-electron chi connectivity index (χ0n) is 19.2. The molecule has 0 amide bonds. The lowest BCUT2D eigenvalue weighted by Gasteiger charge is -2.36. The second-order valence-corrected chi connectivity index (χ2v) is 8.44. The highest BCUT2D eigenvalue weighted by atomic mass is 15.3. The van der Waals surface area contributed by atoms with E-state index in [2.05, 4.69) is 69.5 Å². The van der Waals surface area contributed by atoms with E-state index in [1.54, 1.807) is 0 Å². The first-order valence-corrected chi connectivity index (χ1v) is 12.1. The van der Waals surface area contributed by atoms with Crippen LogP contribution in [0.4, 0.5) is 5.69 Å². The first kappa shape index (κ1) is 22.9. The third-order valence-electron chi connectivity index (χ3n) is 6.40. The van der Waals surface area contributed by atoms with Crippen molar-refractivity contribution in [2.75, 3.05) is 70.3 Å². The summed E-state index contributed by atoms with van der Waals surface area (Å²) in [6.45, 7) is 15.4. The number of rotatable bonds is 10. The largest absolute Gasteiger partial charge is 0.369 e. The first-order chi connectivity index (χ1) is 14.8. The number of unbranched alkanes of at least 4 members (excludes halogenated alkanes) is 1. The number of hydrogen-bond donors (Lipinski definition) is 2. The zero-order chi connectivity index (χ0) is 21.0. The Morgan fingerprint density at radius 1 is 1.00 bits per heavy atom. The van der Waals surface area contributed by atoms with Crippen LogP contribution in [-0.2, 0) is 0 Å². The fourth-order valence-corrected chi connectivity index (χ4v) is 4.59. The van der Waals surface area contributed by atoms with Crippen molar-refractivity contribution >= 4 is 11.6 Å². The fraction of sp³-hybridized carbons (Fsp3) is 0.708. The minimum atomic E-state index is 0.625. The SMILES string of the molecule is CCNC(=NCC1CCCN1CC)NCCCCN1CCN(c2ccccc2)CC1. The number of nitrogens with zero attached hydrogens (tertiary/aromatic N) is 4. The van der Waals surface area contributed by atoms with Crippen LogP contribution < -0.4 is 15.5 Å². The highest BCUT2D eigenvalue weighted by molar-refractivity contribution is 5.79. The molecule has 0 radical (unpaired) electrons. The van der Waals surface area contributed by atoms with E-state index in [9.17, 15) is 0 Å². The summed E-state index contributed by atoms with van der Waals surface area (Å²) in [6, 6.07) is 11.4. The summed E-state index contributed by atoms with van der Waals surface area (Å²) in [5, 5.41) is 6.94. The lowest BCUT2D eigenvalue weighted by Crippen LogP contribution is -2.46. The number of likely N-dealkylation sites (N-methyl/N-ethyl adjacent to an activating group) is 1. The maximum Gasteiger partial charge on any atom is 0.191 e. The Morgan fingerprint density at radius 3 is 2.53 bits per heavy atom. The summed E-state index contributed by atoms with van der Waals surface area (Å²) in [4.78, 5) is 12.5. The lowest BCUT2D eigenvalue weighted by molar-refractivity contribution is 0.253. The van der Waals surface area contributed by atoms with Gasteiger partial charge in [-0.3, -0.25) is 14.8 Å². The second-order valence-electron chi connectivity index (χ2n) is 8.44. The van der Waals surface area contributed by atoms with Gasteiger partial charge < -0.3 is 15.5 Å². The molecule has 2 N–H and O–H groups in total. The molecular formula is C24H42N6. The summed E-state index contributed by atoms with van der Waals surface area (Å²) in [5.74, 6) is 0.983. The highest BCUT2D eigenvalue weighted by Crippen LogP contribution is 2.17. The van der Waals surface area contributed by atoms with E-state index in [1.807, 2.05) is 0 Å². The highest BCUT2D eigenvalue weighted by Gasteiger charge is 2.22. The van der Waals surface area contributed by atoms with Crippen molar-refractivity contribution in [2.45, 2.75) is 45.6 Å². The Kier molecular flexibility index (Phi) is 9.77. The van der Waals surface area contributed by atoms with Gasteiger partial charge in [-0.15, -0.1) is 0 Å². The molecule has 2 saturated heterocycles. The molecule has 2 fully saturated rings. The molecule has 1 aromatic rings. The predicted octanol–water partition coefficient (Wildman–Crippen LogP) is 2.63. The Labute approximate surface area is 183 Å². The van der Waals surface area contributed by atoms with Crippen molar-refractivity contribution in [3.05, 3.63) is 30.3 Å². The molecule has 1 atom stereocenters. The van der Waals surface area contributed by atoms with Crippen LogP contribution in [0, 0.1) is 0 Å². The molecule has 2 aliphatic heterocycles. The van der Waals surface area contributed by atoms with Crippen LogP contribution in [0.5, 0.6) is 0 Å². The molecule has 2 heterocycles. The summed E-state index contributed by atoms with van der Waals surface area (Å²) < 4.78 is 0. The van der Waals surface area contributed by atoms with Gasteiger partial charge in [0.15, 0.2) is 5.96 Å². The molecule has 0 bridgehead atoms. The maximum absolute atomic E-state index is 4.86. The first-order valence-electron chi connectivity index (χ1n) is 12.1. The molecule has 1 aromatic carbocycles. The van der Waals surface area contributed by atoms with Gasteiger partial charge in [0.25, 0.3) is 0 Å². The molecule has 0 aliphatic carbocycles. The Morgan fingerprint density at radius 2 is 1.80 bits per heavy atom. The molecule has 0 aromatic heterocycles. The summed E-state index contributed by atoms with van der Waals surface area (Å²) in [6.07, 6.45) is 5.03. The lowest BCUT2D eigenvalue weighted by atomic mass is 10.2. The van der Waals surface area contributed by atoms with Gasteiger partial charge in [-0.25, -0.2) is 0 Å². The second kappa shape index (κ2) is 12.8. The summed E-state index contributed by atoms with van der Waals surface area (Å²) in [5.41, 5.74) is 1.36. The molecule has 6 nitrogen and oxygen atoms in total. The molecule has 168 valence electrons. The van der Waals surface area contributed by atoms with E-state index in [1.165, 1.54) is 57.5 Å². The number of guanidine groups is 1. The van der Waals surface area contributed by atoms with Gasteiger partial charge in [-0.2, -0.15) is 0 Å². The van der Waals surface area contributed by atoms with Gasteiger partial charge in [0.2, 0.25) is 0 Å². The van der Waals surface area contributed by atoms with Crippen molar-refractivity contribution in [3.63, 3.8) is 0 Å². The van der Waals surface area contributed by atoms with Crippen molar-refractivity contribution in [1.82, 2.24) is 20.4 Å². The third kappa shape index (κ3) is 7.17. The Balaban J connectivity index is 1.29. The standard InChI is InChI=1S/C24H42N6/c1-3-25-24(27-21-23-13-10-16-29(23)4-2)26-14-8-9-15-28-17-19-30(20-18-28)22-11-6-5-7-12-22/h5-7,11-12,23H,3-4,8-10,13-21H2,1-2H3,(H2,25,26,27). The molecule has 3 rings (SSSR count). The van der Waals surface area contributed by atoms with E-state index in [-0.39, 0.29) is 0 Å². The Hall–Kier alpha value is -1.79. The third-order valence-corrected chi connectivity index (χ3v) is 6.40. The van der Waals surface area contributed by atoms with Crippen LogP contribution in [0.1, 0.15) is 39.5 Å². The molecular weight excluding hydrogens is 372 g/mol. The number of aliphatic imine (C=N–C) groups is 1. The van der Waals surface area contributed by atoms with E-state index in [0.717, 1.165) is 45.2 Å². The van der Waals surface area contributed by atoms with Crippen molar-refractivity contribution in [2.24, 2.45) is 4.99 Å². The average Bonchev–Trinajstić information content (AvgIpc) is 3.26. The average molecular weight is 415 g/mol. The number of para-hydroxylation sites is 1. The van der Waals surface area contributed by atoms with Crippen LogP contribution in [0.25, 0.3) is 0 Å². The van der Waals surface area contributed by atoms with Crippen molar-refractivity contribution in [1.29, 1.82) is 0 Å². The minimum absolute atomic E-state index is 0.625. The maximum atomic E-state index is 4.86. The Bertz CT molecular complexity index is 611. The van der Waals surface area contributed by atoms with Crippen LogP contribution in [0.15, 0.2) is 35.3 Å². The van der Waals surface area contributed by atoms with Crippen molar-refractivity contribution in [3.8, 4) is 0 Å². The number of likely N-dealkylation sites (tertiary alicyclic amines) is 1. The monoisotopic (exact) mass is 414 g/mol. The quantitative estimate of drug-likeness (QED) is 0.350. The predicted molar refractivity (Wildman–Crippen MR) is 129 cm³/mol. The van der Waals surface area contributed by atoms with E-state index in [0.29, 0.717) is 6.04 Å². The topological polar surface area (TPSA) is 46.1 Å². The van der Waals surface area contributed by atoms with E-state index in [4.69, 9.17) is 4.99 Å². The van der Waals surface area contributed by atoms with Gasteiger partial charge in [-0.1, -0.05) is 25.1 Å². The smallest absolute Gasteiger partial charge is 0.191 e. The zero-order valence-corrected chi connectivity index (χ0v) is 19.2. The van der Waals surface area contributed by atoms with Gasteiger partial charge >= 0.3 is 0 Å². The molecule has 30 heavy (non-hydrogen) atoms. The fourth-order valence-electron chi connectivity index (χ4n) is 4.59. The number of hydrogen-bond acceptors (Lipinski definition) is 4. The normalized spacial score (nSPS) is 21.2. The van der Waals surface area contributed by atoms with Crippen LogP contribution in [-0.4, -0.2) is 87.2 Å². The van der Waals surface area contributed by atoms with E-state index >= 15 is 0 Å². The van der Waals surface area contributed by atoms with Crippen LogP contribution in [0.3, 0.4) is 0 Å². The molecule has 0 saturated carbocycles. The van der Waals surface area contributed by atoms with Gasteiger partial charge in [0.05, 0.1) is 6.54 Å². The number of benzene rings is 1. The van der Waals surface area contributed by atoms with Gasteiger partial charge in [0, 0.05) is 51.0 Å². The summed E-state index contributed by atoms with van der Waals surface area (Å²) >= 11 is 0. The molecule has 1 unspecified atom stereocenters. The molecule has 2 aliphatic rings. The van der Waals surface area contributed by atoms with Gasteiger partial charge in [-0.05, 0) is 64.4 Å². The van der Waals surface area contributed by atoms with E-state index < -0.39 is 0 Å². The van der Waals surface area contributed by atoms with Crippen molar-refractivity contribution < 1.29 is 0 Å². The van der Waals surface area contributed by atoms with Crippen LogP contribution in [0.2, 0.25) is 0 Å². The molecule has 0 spiro atoms. The van der Waals surface area contributed by atoms with Crippen LogP contribution >= 0.6 is 0 Å². The van der Waals surface area contributed by atoms with Gasteiger partial charge in [0.1, 0.15) is 0 Å². The molecule has 6 heteroatoms. The number of nitrogens with one attached hydrogen (secondary N) is 2.